The van der Waals surface area contributed by atoms with Gasteiger partial charge in [-0.25, -0.2) is 8.78 Å². The Kier molecular flexibility index (Phi) is 4.65. The van der Waals surface area contributed by atoms with Crippen LogP contribution >= 0.6 is 0 Å². The first-order chi connectivity index (χ1) is 12.5. The Hall–Kier alpha value is -2.01. The molecule has 0 aliphatic carbocycles. The number of carbonyl (C=O) groups excluding carboxylic acids is 1. The Bertz CT molecular complexity index is 797. The number of hydrogen-bond acceptors (Lipinski definition) is 2. The van der Waals surface area contributed by atoms with Crippen LogP contribution in [0, 0.1) is 5.92 Å². The molecule has 1 unspecified atom stereocenters. The molecule has 0 saturated carbocycles. The topological polar surface area (TPSA) is 23.6 Å². The lowest BCUT2D eigenvalue weighted by atomic mass is 10.0. The fraction of sp³-hybridized carbons (Fsp3) is 0.476. The van der Waals surface area contributed by atoms with E-state index >= 15 is 0 Å². The van der Waals surface area contributed by atoms with Crippen LogP contribution in [0.4, 0.5) is 8.78 Å². The first kappa shape index (κ1) is 17.4. The number of nitrogens with zero attached hydrogens (tertiary/aromatic N) is 2. The number of alkyl halides is 2. The summed E-state index contributed by atoms with van der Waals surface area (Å²) in [5.74, 6) is -2.60. The van der Waals surface area contributed by atoms with Crippen LogP contribution in [0.1, 0.15) is 24.8 Å². The summed E-state index contributed by atoms with van der Waals surface area (Å²) < 4.78 is 26.6. The molecule has 0 aromatic heterocycles. The minimum Gasteiger partial charge on any atom is -0.342 e. The van der Waals surface area contributed by atoms with Crippen LogP contribution in [-0.4, -0.2) is 47.8 Å². The smallest absolute Gasteiger partial charge is 0.251 e. The molecule has 5 heteroatoms. The zero-order valence-electron chi connectivity index (χ0n) is 14.8. The predicted molar refractivity (Wildman–Crippen MR) is 98.1 cm³/mol. The summed E-state index contributed by atoms with van der Waals surface area (Å²) in [4.78, 5) is 16.6. The number of amides is 1. The van der Waals surface area contributed by atoms with Gasteiger partial charge in [0.2, 0.25) is 5.91 Å². The second-order valence-corrected chi connectivity index (χ2v) is 7.58. The van der Waals surface area contributed by atoms with Gasteiger partial charge in [-0.3, -0.25) is 9.69 Å². The van der Waals surface area contributed by atoms with Crippen molar-refractivity contribution in [2.45, 2.75) is 31.7 Å². The van der Waals surface area contributed by atoms with Gasteiger partial charge in [-0.05, 0) is 35.4 Å². The van der Waals surface area contributed by atoms with Gasteiger partial charge in [0.05, 0.1) is 5.92 Å². The number of halogens is 2. The number of hydrogen-bond donors (Lipinski definition) is 0. The zero-order valence-corrected chi connectivity index (χ0v) is 14.8. The van der Waals surface area contributed by atoms with Crippen LogP contribution in [0.3, 0.4) is 0 Å². The molecule has 0 radical (unpaired) electrons. The van der Waals surface area contributed by atoms with Crippen molar-refractivity contribution in [1.29, 1.82) is 0 Å². The van der Waals surface area contributed by atoms with Crippen LogP contribution in [0.5, 0.6) is 0 Å². The molecular weight excluding hydrogens is 334 g/mol. The largest absolute Gasteiger partial charge is 0.342 e. The van der Waals surface area contributed by atoms with Crippen LogP contribution in [-0.2, 0) is 11.3 Å². The van der Waals surface area contributed by atoms with Gasteiger partial charge in [-0.1, -0.05) is 36.4 Å². The summed E-state index contributed by atoms with van der Waals surface area (Å²) in [7, 11) is 0. The van der Waals surface area contributed by atoms with Crippen molar-refractivity contribution < 1.29 is 13.6 Å². The highest BCUT2D eigenvalue weighted by Crippen LogP contribution is 2.30. The Balaban J connectivity index is 1.35. The molecule has 2 saturated heterocycles. The van der Waals surface area contributed by atoms with Crippen LogP contribution < -0.4 is 0 Å². The lowest BCUT2D eigenvalue weighted by molar-refractivity contribution is -0.141. The van der Waals surface area contributed by atoms with Gasteiger partial charge in [0.1, 0.15) is 0 Å². The lowest BCUT2D eigenvalue weighted by Gasteiger charge is -2.33. The Labute approximate surface area is 152 Å². The molecule has 2 aromatic rings. The summed E-state index contributed by atoms with van der Waals surface area (Å²) in [5, 5.41) is 2.46. The van der Waals surface area contributed by atoms with Crippen molar-refractivity contribution in [3.63, 3.8) is 0 Å². The van der Waals surface area contributed by atoms with Crippen molar-refractivity contribution in [3.8, 4) is 0 Å². The van der Waals surface area contributed by atoms with E-state index in [-0.39, 0.29) is 37.8 Å². The summed E-state index contributed by atoms with van der Waals surface area (Å²) in [6.45, 7) is 2.80. The molecule has 3 nitrogen and oxygen atoms in total. The van der Waals surface area contributed by atoms with E-state index in [0.717, 1.165) is 26.1 Å². The second kappa shape index (κ2) is 6.95. The van der Waals surface area contributed by atoms with E-state index < -0.39 is 5.92 Å². The molecular formula is C21H24F2N2O. The number of likely N-dealkylation sites (tertiary alicyclic amines) is 2. The molecule has 138 valence electrons. The number of benzene rings is 2. The first-order valence-corrected chi connectivity index (χ1v) is 9.37. The maximum atomic E-state index is 13.3. The summed E-state index contributed by atoms with van der Waals surface area (Å²) >= 11 is 0. The first-order valence-electron chi connectivity index (χ1n) is 9.37. The van der Waals surface area contributed by atoms with E-state index in [2.05, 4.69) is 35.2 Å². The van der Waals surface area contributed by atoms with Crippen molar-refractivity contribution >= 4 is 16.7 Å². The average Bonchev–Trinajstić information content (AvgIpc) is 3.09. The molecule has 0 bridgehead atoms. The van der Waals surface area contributed by atoms with Crippen molar-refractivity contribution in [2.75, 3.05) is 26.2 Å². The number of piperidine rings is 1. The summed E-state index contributed by atoms with van der Waals surface area (Å²) in [6.07, 6.45) is 0.415. The normalized spacial score (nSPS) is 23.5. The van der Waals surface area contributed by atoms with E-state index in [0.29, 0.717) is 0 Å². The van der Waals surface area contributed by atoms with Gasteiger partial charge in [0, 0.05) is 39.0 Å². The molecule has 1 atom stereocenters. The van der Waals surface area contributed by atoms with Gasteiger partial charge < -0.3 is 4.90 Å². The van der Waals surface area contributed by atoms with E-state index in [9.17, 15) is 13.6 Å². The second-order valence-electron chi connectivity index (χ2n) is 7.58. The van der Waals surface area contributed by atoms with Gasteiger partial charge in [0.15, 0.2) is 0 Å². The third kappa shape index (κ3) is 3.73. The van der Waals surface area contributed by atoms with Gasteiger partial charge in [0.25, 0.3) is 5.92 Å². The van der Waals surface area contributed by atoms with E-state index in [1.807, 2.05) is 12.1 Å². The fourth-order valence-corrected chi connectivity index (χ4v) is 4.09. The highest BCUT2D eigenvalue weighted by atomic mass is 19.3. The quantitative estimate of drug-likeness (QED) is 0.830. The summed E-state index contributed by atoms with van der Waals surface area (Å²) in [5.41, 5.74) is 1.24. The Morgan fingerprint density at radius 1 is 1.04 bits per heavy atom. The Morgan fingerprint density at radius 3 is 2.54 bits per heavy atom. The average molecular weight is 358 g/mol. The minimum absolute atomic E-state index is 0.0535. The predicted octanol–water partition coefficient (Wildman–Crippen LogP) is 3.92. The van der Waals surface area contributed by atoms with Gasteiger partial charge >= 0.3 is 0 Å². The van der Waals surface area contributed by atoms with Gasteiger partial charge in [-0.2, -0.15) is 0 Å². The minimum atomic E-state index is -2.60. The van der Waals surface area contributed by atoms with Crippen LogP contribution in [0.2, 0.25) is 0 Å². The van der Waals surface area contributed by atoms with Crippen molar-refractivity contribution in [1.82, 2.24) is 9.80 Å². The molecule has 2 aromatic carbocycles. The van der Waals surface area contributed by atoms with E-state index in [4.69, 9.17) is 0 Å². The number of fused-ring (bicyclic) bond motifs is 1. The number of rotatable bonds is 3. The van der Waals surface area contributed by atoms with E-state index in [1.54, 1.807) is 4.90 Å². The molecule has 2 aliphatic rings. The lowest BCUT2D eigenvalue weighted by Crippen LogP contribution is -2.45. The highest BCUT2D eigenvalue weighted by Gasteiger charge is 2.38. The molecule has 0 spiro atoms. The standard InChI is InChI=1S/C21H24F2N2O/c22-21(23)8-11-25(12-9-21)20(26)19-7-10-24(15-19)14-16-5-6-17-3-1-2-4-18(17)13-16/h1-6,13,19H,7-12,14-15H2. The molecule has 2 heterocycles. The monoisotopic (exact) mass is 358 g/mol. The fourth-order valence-electron chi connectivity index (χ4n) is 4.09. The molecule has 0 N–H and O–H groups in total. The Morgan fingerprint density at radius 2 is 1.77 bits per heavy atom. The molecule has 2 aliphatic heterocycles. The maximum absolute atomic E-state index is 13.3. The zero-order chi connectivity index (χ0) is 18.1. The van der Waals surface area contributed by atoms with Crippen LogP contribution in [0.25, 0.3) is 10.8 Å². The van der Waals surface area contributed by atoms with Crippen LogP contribution in [0.15, 0.2) is 42.5 Å². The van der Waals surface area contributed by atoms with E-state index in [1.165, 1.54) is 16.3 Å². The maximum Gasteiger partial charge on any atom is 0.251 e. The molecule has 4 rings (SSSR count). The van der Waals surface area contributed by atoms with Gasteiger partial charge in [-0.15, -0.1) is 0 Å². The molecule has 26 heavy (non-hydrogen) atoms. The van der Waals surface area contributed by atoms with Crippen molar-refractivity contribution in [2.24, 2.45) is 5.92 Å². The SMILES string of the molecule is O=C(C1CCN(Cc2ccc3ccccc3c2)C1)N1CCC(F)(F)CC1. The third-order valence-corrected chi connectivity index (χ3v) is 5.65. The molecule has 1 amide bonds. The molecule has 2 fully saturated rings. The third-order valence-electron chi connectivity index (χ3n) is 5.65. The highest BCUT2D eigenvalue weighted by molar-refractivity contribution is 5.83. The van der Waals surface area contributed by atoms with Crippen molar-refractivity contribution in [3.05, 3.63) is 48.0 Å². The summed E-state index contributed by atoms with van der Waals surface area (Å²) in [6, 6.07) is 14.8. The number of carbonyl (C=O) groups is 1.